The van der Waals surface area contributed by atoms with Crippen LogP contribution in [0.25, 0.3) is 0 Å². The number of hydrogen-bond acceptors (Lipinski definition) is 8. The molecular weight excluding hydrogens is 528 g/mol. The topological polar surface area (TPSA) is 153 Å². The Hall–Kier alpha value is -1.58. The van der Waals surface area contributed by atoms with Crippen molar-refractivity contribution in [1.29, 1.82) is 0 Å². The minimum atomic E-state index is -0.727. The van der Waals surface area contributed by atoms with Crippen molar-refractivity contribution in [3.05, 3.63) is 0 Å². The number of carbonyl (C=O) groups excluding carboxylic acids is 2. The highest BCUT2D eigenvalue weighted by Crippen LogP contribution is 2.30. The number of rotatable bonds is 13. The summed E-state index contributed by atoms with van der Waals surface area (Å²) in [5.41, 5.74) is -2.87. The van der Waals surface area contributed by atoms with Gasteiger partial charge in [0, 0.05) is 37.4 Å². The number of carbonyl (C=O) groups is 2. The zero-order valence-electron chi connectivity index (χ0n) is 23.9. The largest absolute Gasteiger partial charge is 0.354 e. The molecule has 2 rings (SSSR count). The molecule has 0 unspecified atom stereocenters. The molecule has 0 spiro atoms. The molecule has 2 fully saturated rings. The molecule has 216 valence electrons. The summed E-state index contributed by atoms with van der Waals surface area (Å²) in [5, 5.41) is 38.7. The molecule has 2 saturated heterocycles. The molecule has 0 aromatic rings. The van der Waals surface area contributed by atoms with Gasteiger partial charge in [0.25, 0.3) is 0 Å². The van der Waals surface area contributed by atoms with E-state index < -0.39 is 22.4 Å². The summed E-state index contributed by atoms with van der Waals surface area (Å²) in [7, 11) is 3.12. The fourth-order valence-electron chi connectivity index (χ4n) is 4.33. The number of hydrogen-bond donors (Lipinski definition) is 4. The number of hydroxylamine groups is 4. The first kappa shape index (κ1) is 32.6. The quantitative estimate of drug-likeness (QED) is 0.192. The van der Waals surface area contributed by atoms with Crippen molar-refractivity contribution in [2.75, 3.05) is 37.7 Å². The summed E-state index contributed by atoms with van der Waals surface area (Å²) in [5.74, 6) is 2.45. The van der Waals surface area contributed by atoms with Crippen LogP contribution in [0.2, 0.25) is 0 Å². The molecule has 0 aromatic heterocycles. The van der Waals surface area contributed by atoms with Crippen molar-refractivity contribution in [1.82, 2.24) is 31.4 Å². The van der Waals surface area contributed by atoms with Gasteiger partial charge in [0.05, 0.1) is 13.1 Å². The summed E-state index contributed by atoms with van der Waals surface area (Å²) in [4.78, 5) is 33.0. The third-order valence-corrected chi connectivity index (χ3v) is 8.76. The van der Waals surface area contributed by atoms with Crippen molar-refractivity contribution in [2.45, 2.75) is 90.6 Å². The van der Waals surface area contributed by atoms with Gasteiger partial charge in [-0.25, -0.2) is 0 Å². The Labute approximate surface area is 234 Å². The molecule has 12 nitrogen and oxygen atoms in total. The van der Waals surface area contributed by atoms with Crippen LogP contribution in [-0.2, 0) is 20.0 Å². The number of amidine groups is 2. The first-order chi connectivity index (χ1) is 17.5. The van der Waals surface area contributed by atoms with E-state index in [-0.39, 0.29) is 11.8 Å². The highest BCUT2D eigenvalue weighted by atomic mass is 33.1. The average molecular weight is 573 g/mol. The Morgan fingerprint density at radius 2 is 1.05 bits per heavy atom. The Bertz CT molecular complexity index is 836. The highest BCUT2D eigenvalue weighted by Gasteiger charge is 2.51. The normalized spacial score (nSPS) is 23.8. The van der Waals surface area contributed by atoms with Crippen LogP contribution in [0.1, 0.15) is 68.2 Å². The van der Waals surface area contributed by atoms with Crippen LogP contribution >= 0.6 is 21.6 Å². The van der Waals surface area contributed by atoms with Gasteiger partial charge in [-0.15, -0.1) is 20.5 Å². The van der Waals surface area contributed by atoms with Gasteiger partial charge in [0.1, 0.15) is 34.1 Å². The zero-order valence-corrected chi connectivity index (χ0v) is 25.5. The van der Waals surface area contributed by atoms with E-state index in [1.54, 1.807) is 21.6 Å². The number of nitrogens with zero attached hydrogens (tertiary/aromatic N) is 4. The summed E-state index contributed by atoms with van der Waals surface area (Å²) in [6, 6.07) is 0. The van der Waals surface area contributed by atoms with E-state index in [9.17, 15) is 20.0 Å². The van der Waals surface area contributed by atoms with E-state index in [0.29, 0.717) is 62.2 Å². The standard InChI is InChI=1S/C24H44N8O4S2/c1-21(2)19(29-23(5,6)31(21)35)27-13-11-25-17(33)9-15-37-38-16-10-18(34)26-12-14-28-20-22(3,4)32(36)24(7,8)30-20/h9-16H2,1-8H3,(H,25,33)(H,26,34)(H,27,29)(H,28,30). The van der Waals surface area contributed by atoms with Crippen LogP contribution in [0.15, 0.2) is 9.98 Å². The number of amides is 2. The summed E-state index contributed by atoms with van der Waals surface area (Å²) < 4.78 is 0. The molecular formula is C24H44N8O4S2. The van der Waals surface area contributed by atoms with E-state index in [1.807, 2.05) is 55.4 Å². The van der Waals surface area contributed by atoms with Gasteiger partial charge in [-0.1, -0.05) is 21.6 Å². The number of nitrogens with one attached hydrogen (secondary N) is 4. The Kier molecular flexibility index (Phi) is 11.3. The molecule has 2 aliphatic rings. The lowest BCUT2D eigenvalue weighted by Gasteiger charge is -2.28. The lowest BCUT2D eigenvalue weighted by atomic mass is 10.1. The summed E-state index contributed by atoms with van der Waals surface area (Å²) in [6.45, 7) is 16.2. The Morgan fingerprint density at radius 1 is 0.711 bits per heavy atom. The third-order valence-electron chi connectivity index (χ3n) is 6.35. The minimum Gasteiger partial charge on any atom is -0.354 e. The second-order valence-electron chi connectivity index (χ2n) is 11.4. The van der Waals surface area contributed by atoms with Gasteiger partial charge in [-0.2, -0.15) is 0 Å². The SMILES string of the molecule is CC1(C)NC(=NCCNC(=O)CCSSCCC(=O)NCCN=C2NC(C)(C)N([O])C2(C)C)C(C)(C)N1[O]. The smallest absolute Gasteiger partial charge is 0.220 e. The van der Waals surface area contributed by atoms with Gasteiger partial charge < -0.3 is 21.3 Å². The first-order valence-electron chi connectivity index (χ1n) is 12.9. The van der Waals surface area contributed by atoms with Crippen molar-refractivity contribution in [3.63, 3.8) is 0 Å². The molecule has 0 bridgehead atoms. The Morgan fingerprint density at radius 3 is 1.34 bits per heavy atom. The van der Waals surface area contributed by atoms with Crippen LogP contribution in [0.5, 0.6) is 0 Å². The molecule has 14 heteroatoms. The van der Waals surface area contributed by atoms with Gasteiger partial charge in [0.15, 0.2) is 0 Å². The van der Waals surface area contributed by atoms with Crippen LogP contribution in [0.3, 0.4) is 0 Å². The lowest BCUT2D eigenvalue weighted by Crippen LogP contribution is -2.48. The molecule has 4 N–H and O–H groups in total. The van der Waals surface area contributed by atoms with E-state index in [2.05, 4.69) is 31.3 Å². The average Bonchev–Trinajstić information content (AvgIpc) is 3.08. The first-order valence-corrected chi connectivity index (χ1v) is 15.4. The van der Waals surface area contributed by atoms with Crippen LogP contribution in [0.4, 0.5) is 0 Å². The molecule has 0 saturated carbocycles. The summed E-state index contributed by atoms with van der Waals surface area (Å²) >= 11 is 0. The molecule has 0 atom stereocenters. The molecule has 0 aromatic carbocycles. The highest BCUT2D eigenvalue weighted by molar-refractivity contribution is 8.76. The monoisotopic (exact) mass is 572 g/mol. The zero-order chi connectivity index (χ0) is 28.8. The van der Waals surface area contributed by atoms with Crippen molar-refractivity contribution < 1.29 is 20.0 Å². The molecule has 2 aliphatic heterocycles. The second kappa shape index (κ2) is 13.2. The molecule has 2 amide bonds. The number of aliphatic imine (C=N–C) groups is 2. The van der Waals surface area contributed by atoms with E-state index in [1.165, 1.54) is 0 Å². The fraction of sp³-hybridized carbons (Fsp3) is 0.833. The summed E-state index contributed by atoms with van der Waals surface area (Å²) in [6.07, 6.45) is 0.766. The molecule has 2 radical (unpaired) electrons. The van der Waals surface area contributed by atoms with Crippen molar-refractivity contribution >= 4 is 45.1 Å². The van der Waals surface area contributed by atoms with Crippen LogP contribution < -0.4 is 21.3 Å². The Balaban J connectivity index is 1.51. The van der Waals surface area contributed by atoms with Crippen molar-refractivity contribution in [2.24, 2.45) is 9.98 Å². The molecule has 2 heterocycles. The maximum atomic E-state index is 12.3. The van der Waals surface area contributed by atoms with Crippen LogP contribution in [-0.4, -0.2) is 93.7 Å². The van der Waals surface area contributed by atoms with Crippen LogP contribution in [0, 0.1) is 0 Å². The van der Waals surface area contributed by atoms with Gasteiger partial charge in [-0.05, 0) is 55.4 Å². The van der Waals surface area contributed by atoms with Gasteiger partial charge >= 0.3 is 0 Å². The van der Waals surface area contributed by atoms with E-state index in [4.69, 9.17) is 0 Å². The maximum Gasteiger partial charge on any atom is 0.220 e. The molecule has 38 heavy (non-hydrogen) atoms. The second-order valence-corrected chi connectivity index (χ2v) is 14.1. The van der Waals surface area contributed by atoms with Crippen molar-refractivity contribution in [3.8, 4) is 0 Å². The molecule has 0 aliphatic carbocycles. The van der Waals surface area contributed by atoms with E-state index in [0.717, 1.165) is 10.1 Å². The fourth-order valence-corrected chi connectivity index (χ4v) is 6.31. The minimum absolute atomic E-state index is 0.0505. The predicted molar refractivity (Wildman–Crippen MR) is 152 cm³/mol. The third kappa shape index (κ3) is 8.46. The van der Waals surface area contributed by atoms with Gasteiger partial charge in [0.2, 0.25) is 11.8 Å². The predicted octanol–water partition coefficient (Wildman–Crippen LogP) is 1.71. The lowest BCUT2D eigenvalue weighted by molar-refractivity contribution is -0.241. The van der Waals surface area contributed by atoms with Gasteiger partial charge in [-0.3, -0.25) is 19.6 Å². The maximum absolute atomic E-state index is 12.3. The van der Waals surface area contributed by atoms with E-state index >= 15 is 0 Å².